The van der Waals surface area contributed by atoms with Gasteiger partial charge in [-0.3, -0.25) is 4.79 Å². The molecule has 0 heterocycles. The average molecular weight is 285 g/mol. The van der Waals surface area contributed by atoms with E-state index in [1.165, 1.54) is 19.3 Å². The lowest BCUT2D eigenvalue weighted by atomic mass is 9.85. The third-order valence-corrected chi connectivity index (χ3v) is 4.02. The van der Waals surface area contributed by atoms with Crippen LogP contribution < -0.4 is 5.32 Å². The number of hydrogen-bond acceptors (Lipinski definition) is 4. The van der Waals surface area contributed by atoms with Crippen LogP contribution in [0.2, 0.25) is 0 Å². The topological polar surface area (TPSA) is 47.6 Å². The zero-order valence-electron chi connectivity index (χ0n) is 13.3. The standard InChI is InChI=1S/C16H31NO3/c1-4-10-17-15(16(18)19-6-3)12-20-14-9-7-8-13(5-2)11-14/h13-15,17H,4-12H2,1-3H3. The third kappa shape index (κ3) is 6.23. The third-order valence-electron chi connectivity index (χ3n) is 4.02. The average Bonchev–Trinajstić information content (AvgIpc) is 2.47. The molecule has 4 nitrogen and oxygen atoms in total. The molecule has 0 saturated heterocycles. The van der Waals surface area contributed by atoms with Crippen LogP contribution in [0.1, 0.15) is 59.3 Å². The summed E-state index contributed by atoms with van der Waals surface area (Å²) < 4.78 is 11.1. The summed E-state index contributed by atoms with van der Waals surface area (Å²) in [6.07, 6.45) is 7.38. The second-order valence-corrected chi connectivity index (χ2v) is 5.65. The molecule has 1 aliphatic rings. The van der Waals surface area contributed by atoms with Gasteiger partial charge in [0.2, 0.25) is 0 Å². The Balaban J connectivity index is 2.38. The van der Waals surface area contributed by atoms with Crippen molar-refractivity contribution in [3.8, 4) is 0 Å². The van der Waals surface area contributed by atoms with Gasteiger partial charge in [-0.15, -0.1) is 0 Å². The Kier molecular flexibility index (Phi) is 8.86. The van der Waals surface area contributed by atoms with Crippen LogP contribution in [0.3, 0.4) is 0 Å². The summed E-state index contributed by atoms with van der Waals surface area (Å²) in [7, 11) is 0. The Labute approximate surface area is 123 Å². The Hall–Kier alpha value is -0.610. The van der Waals surface area contributed by atoms with Crippen molar-refractivity contribution in [1.82, 2.24) is 5.32 Å². The molecule has 3 atom stereocenters. The number of nitrogens with one attached hydrogen (secondary N) is 1. The van der Waals surface area contributed by atoms with Crippen LogP contribution in [-0.2, 0) is 14.3 Å². The van der Waals surface area contributed by atoms with E-state index in [2.05, 4.69) is 19.2 Å². The van der Waals surface area contributed by atoms with Gasteiger partial charge >= 0.3 is 5.97 Å². The first kappa shape index (κ1) is 17.4. The van der Waals surface area contributed by atoms with Crippen molar-refractivity contribution in [1.29, 1.82) is 0 Å². The first-order valence-corrected chi connectivity index (χ1v) is 8.22. The first-order valence-electron chi connectivity index (χ1n) is 8.22. The Bertz CT molecular complexity index is 270. The quantitative estimate of drug-likeness (QED) is 0.662. The van der Waals surface area contributed by atoms with Crippen molar-refractivity contribution >= 4 is 5.97 Å². The van der Waals surface area contributed by atoms with Crippen LogP contribution in [0.25, 0.3) is 0 Å². The first-order chi connectivity index (χ1) is 9.71. The van der Waals surface area contributed by atoms with E-state index >= 15 is 0 Å². The van der Waals surface area contributed by atoms with Crippen molar-refractivity contribution < 1.29 is 14.3 Å². The van der Waals surface area contributed by atoms with Crippen molar-refractivity contribution in [2.45, 2.75) is 71.4 Å². The molecule has 20 heavy (non-hydrogen) atoms. The maximum atomic E-state index is 11.9. The molecule has 3 unspecified atom stereocenters. The molecule has 0 spiro atoms. The molecule has 1 saturated carbocycles. The largest absolute Gasteiger partial charge is 0.465 e. The van der Waals surface area contributed by atoms with Crippen molar-refractivity contribution in [3.63, 3.8) is 0 Å². The summed E-state index contributed by atoms with van der Waals surface area (Å²) in [5.41, 5.74) is 0. The van der Waals surface area contributed by atoms with Gasteiger partial charge < -0.3 is 14.8 Å². The van der Waals surface area contributed by atoms with E-state index in [-0.39, 0.29) is 12.0 Å². The minimum Gasteiger partial charge on any atom is -0.465 e. The molecular formula is C16H31NO3. The molecule has 118 valence electrons. The molecule has 0 bridgehead atoms. The van der Waals surface area contributed by atoms with Gasteiger partial charge in [-0.25, -0.2) is 0 Å². The van der Waals surface area contributed by atoms with Crippen molar-refractivity contribution in [3.05, 3.63) is 0 Å². The van der Waals surface area contributed by atoms with Crippen LogP contribution in [0, 0.1) is 5.92 Å². The van der Waals surface area contributed by atoms with Gasteiger partial charge in [0.15, 0.2) is 0 Å². The number of carbonyl (C=O) groups excluding carboxylic acids is 1. The summed E-state index contributed by atoms with van der Waals surface area (Å²) in [4.78, 5) is 11.9. The van der Waals surface area contributed by atoms with Crippen LogP contribution in [0.15, 0.2) is 0 Å². The van der Waals surface area contributed by atoms with Crippen molar-refractivity contribution in [2.24, 2.45) is 5.92 Å². The van der Waals surface area contributed by atoms with E-state index < -0.39 is 0 Å². The fourth-order valence-corrected chi connectivity index (χ4v) is 2.77. The number of rotatable bonds is 9. The molecule has 0 aromatic heterocycles. The lowest BCUT2D eigenvalue weighted by Gasteiger charge is -2.29. The minimum atomic E-state index is -0.322. The van der Waals surface area contributed by atoms with Gasteiger partial charge in [0.1, 0.15) is 6.04 Å². The highest BCUT2D eigenvalue weighted by Crippen LogP contribution is 2.28. The minimum absolute atomic E-state index is 0.191. The maximum Gasteiger partial charge on any atom is 0.325 e. The fourth-order valence-electron chi connectivity index (χ4n) is 2.77. The highest BCUT2D eigenvalue weighted by Gasteiger charge is 2.25. The van der Waals surface area contributed by atoms with E-state index in [4.69, 9.17) is 9.47 Å². The summed E-state index contributed by atoms with van der Waals surface area (Å²) in [5.74, 6) is 0.599. The molecular weight excluding hydrogens is 254 g/mol. The molecule has 1 N–H and O–H groups in total. The Morgan fingerprint density at radius 2 is 2.10 bits per heavy atom. The fraction of sp³-hybridized carbons (Fsp3) is 0.938. The van der Waals surface area contributed by atoms with Crippen LogP contribution in [0.5, 0.6) is 0 Å². The van der Waals surface area contributed by atoms with Crippen LogP contribution in [-0.4, -0.2) is 37.9 Å². The van der Waals surface area contributed by atoms with E-state index in [0.717, 1.165) is 31.7 Å². The van der Waals surface area contributed by atoms with E-state index in [0.29, 0.717) is 19.3 Å². The van der Waals surface area contributed by atoms with E-state index in [1.54, 1.807) is 0 Å². The molecule has 1 fully saturated rings. The highest BCUT2D eigenvalue weighted by molar-refractivity contribution is 5.75. The molecule has 0 aromatic carbocycles. The molecule has 0 aliphatic heterocycles. The molecule has 1 aliphatic carbocycles. The van der Waals surface area contributed by atoms with Gasteiger partial charge in [-0.05, 0) is 38.6 Å². The van der Waals surface area contributed by atoms with E-state index in [9.17, 15) is 4.79 Å². The lowest BCUT2D eigenvalue weighted by Crippen LogP contribution is -2.43. The second kappa shape index (κ2) is 10.2. The monoisotopic (exact) mass is 285 g/mol. The van der Waals surface area contributed by atoms with Gasteiger partial charge in [0.05, 0.1) is 19.3 Å². The predicted molar refractivity (Wildman–Crippen MR) is 80.7 cm³/mol. The highest BCUT2D eigenvalue weighted by atomic mass is 16.5. The van der Waals surface area contributed by atoms with Crippen molar-refractivity contribution in [2.75, 3.05) is 19.8 Å². The Morgan fingerprint density at radius 1 is 1.30 bits per heavy atom. The predicted octanol–water partition coefficient (Wildman–Crippen LogP) is 2.90. The second-order valence-electron chi connectivity index (χ2n) is 5.65. The smallest absolute Gasteiger partial charge is 0.325 e. The van der Waals surface area contributed by atoms with Gasteiger partial charge in [0, 0.05) is 0 Å². The van der Waals surface area contributed by atoms with E-state index in [1.807, 2.05) is 6.92 Å². The normalized spacial score (nSPS) is 24.4. The SMILES string of the molecule is CCCNC(COC1CCCC(CC)C1)C(=O)OCC. The van der Waals surface area contributed by atoms with Crippen LogP contribution >= 0.6 is 0 Å². The number of esters is 1. The zero-order valence-corrected chi connectivity index (χ0v) is 13.3. The van der Waals surface area contributed by atoms with Gasteiger partial charge in [0.25, 0.3) is 0 Å². The maximum absolute atomic E-state index is 11.9. The number of carbonyl (C=O) groups is 1. The summed E-state index contributed by atoms with van der Waals surface area (Å²) in [6, 6.07) is -0.322. The molecule has 0 aromatic rings. The summed E-state index contributed by atoms with van der Waals surface area (Å²) in [6.45, 7) is 7.84. The zero-order chi connectivity index (χ0) is 14.8. The molecule has 0 radical (unpaired) electrons. The van der Waals surface area contributed by atoms with Crippen LogP contribution in [0.4, 0.5) is 0 Å². The van der Waals surface area contributed by atoms with Gasteiger partial charge in [-0.1, -0.05) is 33.1 Å². The summed E-state index contributed by atoms with van der Waals surface area (Å²) in [5, 5.41) is 3.22. The lowest BCUT2D eigenvalue weighted by molar-refractivity contribution is -0.148. The van der Waals surface area contributed by atoms with Gasteiger partial charge in [-0.2, -0.15) is 0 Å². The Morgan fingerprint density at radius 3 is 2.75 bits per heavy atom. The molecule has 4 heteroatoms. The molecule has 0 amide bonds. The number of hydrogen-bond donors (Lipinski definition) is 1. The summed E-state index contributed by atoms with van der Waals surface area (Å²) >= 11 is 0. The number of ether oxygens (including phenoxy) is 2. The molecule has 1 rings (SSSR count).